The number of hydrazine groups is 1. The number of halogens is 1. The molecule has 100 valence electrons. The largest absolute Gasteiger partial charge is 0.497 e. The summed E-state index contributed by atoms with van der Waals surface area (Å²) in [7, 11) is 1.56. The van der Waals surface area contributed by atoms with E-state index in [1.807, 2.05) is 18.2 Å². The van der Waals surface area contributed by atoms with Crippen LogP contribution < -0.4 is 15.6 Å². The van der Waals surface area contributed by atoms with Crippen LogP contribution in [0.25, 0.3) is 0 Å². The van der Waals surface area contributed by atoms with Gasteiger partial charge in [-0.05, 0) is 30.3 Å². The van der Waals surface area contributed by atoms with Crippen LogP contribution in [0.3, 0.4) is 0 Å². The van der Waals surface area contributed by atoms with Crippen molar-refractivity contribution >= 4 is 24.0 Å². The van der Waals surface area contributed by atoms with Gasteiger partial charge >= 0.3 is 0 Å². The summed E-state index contributed by atoms with van der Waals surface area (Å²) in [6.07, 6.45) is 0. The Kier molecular flexibility index (Phi) is 5.36. The molecular weight excluding hydrogens is 264 g/mol. The fourth-order valence-electron chi connectivity index (χ4n) is 1.60. The van der Waals surface area contributed by atoms with Crippen LogP contribution >= 0.6 is 12.4 Å². The van der Waals surface area contributed by atoms with Gasteiger partial charge in [0.25, 0.3) is 5.91 Å². The predicted octanol–water partition coefficient (Wildman–Crippen LogP) is 2.64. The fraction of sp³-hybridized carbons (Fsp3) is 0.0714. The summed E-state index contributed by atoms with van der Waals surface area (Å²) in [6, 6.07) is 16.0. The zero-order valence-electron chi connectivity index (χ0n) is 10.4. The number of benzene rings is 2. The number of para-hydroxylation sites is 1. The quantitative estimate of drug-likeness (QED) is 0.533. The van der Waals surface area contributed by atoms with Gasteiger partial charge in [0, 0.05) is 5.56 Å². The van der Waals surface area contributed by atoms with Crippen molar-refractivity contribution in [2.45, 2.75) is 0 Å². The molecule has 19 heavy (non-hydrogen) atoms. The highest BCUT2D eigenvalue weighted by atomic mass is 35.5. The molecule has 0 spiro atoms. The van der Waals surface area contributed by atoms with E-state index in [0.29, 0.717) is 17.0 Å². The molecule has 0 saturated heterocycles. The third-order valence-electron chi connectivity index (χ3n) is 2.57. The van der Waals surface area contributed by atoms with E-state index < -0.39 is 0 Å². The highest BCUT2D eigenvalue weighted by molar-refractivity contribution is 6.05. The summed E-state index contributed by atoms with van der Waals surface area (Å²) >= 11 is 0. The summed E-state index contributed by atoms with van der Waals surface area (Å²) in [6.45, 7) is 0. The second-order valence-corrected chi connectivity index (χ2v) is 3.74. The number of hydrogen-bond acceptors (Lipinski definition) is 3. The zero-order valence-corrected chi connectivity index (χ0v) is 11.3. The molecule has 4 nitrogen and oxygen atoms in total. The highest BCUT2D eigenvalue weighted by Gasteiger charge is 2.14. The molecule has 2 N–H and O–H groups in total. The summed E-state index contributed by atoms with van der Waals surface area (Å²) in [5.74, 6) is 6.15. The Morgan fingerprint density at radius 2 is 1.79 bits per heavy atom. The first-order valence-corrected chi connectivity index (χ1v) is 5.50. The lowest BCUT2D eigenvalue weighted by molar-refractivity contribution is 0.0986. The van der Waals surface area contributed by atoms with E-state index in [-0.39, 0.29) is 18.3 Å². The Hall–Kier alpha value is -2.04. The lowest BCUT2D eigenvalue weighted by Crippen LogP contribution is -2.37. The van der Waals surface area contributed by atoms with E-state index >= 15 is 0 Å². The third-order valence-corrected chi connectivity index (χ3v) is 2.57. The van der Waals surface area contributed by atoms with Crippen molar-refractivity contribution in [2.24, 2.45) is 5.84 Å². The van der Waals surface area contributed by atoms with E-state index in [0.717, 1.165) is 5.01 Å². The number of nitrogens with zero attached hydrogens (tertiary/aromatic N) is 1. The van der Waals surface area contributed by atoms with Crippen LogP contribution in [0.5, 0.6) is 5.75 Å². The van der Waals surface area contributed by atoms with Crippen molar-refractivity contribution in [1.29, 1.82) is 0 Å². The number of hydrogen-bond donors (Lipinski definition) is 1. The van der Waals surface area contributed by atoms with Gasteiger partial charge in [-0.3, -0.25) is 4.79 Å². The minimum atomic E-state index is -0.278. The first-order chi connectivity index (χ1) is 8.72. The molecule has 0 aliphatic carbocycles. The Balaban J connectivity index is 0.00000180. The molecule has 0 aromatic heterocycles. The van der Waals surface area contributed by atoms with Crippen molar-refractivity contribution in [3.63, 3.8) is 0 Å². The topological polar surface area (TPSA) is 55.6 Å². The Morgan fingerprint density at radius 3 is 2.42 bits per heavy atom. The van der Waals surface area contributed by atoms with Crippen molar-refractivity contribution in [3.8, 4) is 5.75 Å². The van der Waals surface area contributed by atoms with Crippen LogP contribution in [-0.4, -0.2) is 13.0 Å². The van der Waals surface area contributed by atoms with Crippen molar-refractivity contribution in [3.05, 3.63) is 60.2 Å². The molecule has 1 amide bonds. The van der Waals surface area contributed by atoms with Gasteiger partial charge in [-0.2, -0.15) is 0 Å². The molecule has 0 saturated carbocycles. The molecule has 5 heteroatoms. The number of carbonyl (C=O) groups is 1. The number of ether oxygens (including phenoxy) is 1. The predicted molar refractivity (Wildman–Crippen MR) is 77.7 cm³/mol. The molecule has 2 rings (SSSR count). The monoisotopic (exact) mass is 278 g/mol. The Morgan fingerprint density at radius 1 is 1.11 bits per heavy atom. The van der Waals surface area contributed by atoms with E-state index in [4.69, 9.17) is 10.6 Å². The van der Waals surface area contributed by atoms with Crippen LogP contribution in [0.4, 0.5) is 5.69 Å². The third kappa shape index (κ3) is 3.47. The average molecular weight is 279 g/mol. The number of nitrogens with two attached hydrogens (primary N) is 1. The van der Waals surface area contributed by atoms with Crippen LogP contribution in [0.15, 0.2) is 54.6 Å². The summed E-state index contributed by atoms with van der Waals surface area (Å²) < 4.78 is 5.08. The summed E-state index contributed by atoms with van der Waals surface area (Å²) in [5.41, 5.74) is 1.13. The van der Waals surface area contributed by atoms with E-state index in [2.05, 4.69) is 0 Å². The van der Waals surface area contributed by atoms with Gasteiger partial charge in [-0.15, -0.1) is 12.4 Å². The maximum atomic E-state index is 12.2. The molecule has 0 atom stereocenters. The minimum Gasteiger partial charge on any atom is -0.497 e. The second kappa shape index (κ2) is 6.78. The molecule has 0 radical (unpaired) electrons. The van der Waals surface area contributed by atoms with Crippen LogP contribution in [-0.2, 0) is 0 Å². The normalized spacial score (nSPS) is 9.37. The summed E-state index contributed by atoms with van der Waals surface area (Å²) in [4.78, 5) is 12.2. The lowest BCUT2D eigenvalue weighted by atomic mass is 10.2. The van der Waals surface area contributed by atoms with Gasteiger partial charge in [0.15, 0.2) is 0 Å². The van der Waals surface area contributed by atoms with Crippen LogP contribution in [0.1, 0.15) is 10.4 Å². The molecule has 0 bridgehead atoms. The van der Waals surface area contributed by atoms with Gasteiger partial charge in [-0.25, -0.2) is 10.9 Å². The number of carbonyl (C=O) groups excluding carboxylic acids is 1. The zero-order chi connectivity index (χ0) is 13.0. The number of anilines is 1. The van der Waals surface area contributed by atoms with E-state index in [1.165, 1.54) is 0 Å². The van der Waals surface area contributed by atoms with Gasteiger partial charge in [-0.1, -0.05) is 24.3 Å². The average Bonchev–Trinajstić information content (AvgIpc) is 2.46. The number of amides is 1. The molecule has 0 fully saturated rings. The van der Waals surface area contributed by atoms with Gasteiger partial charge in [0.05, 0.1) is 12.8 Å². The Bertz CT molecular complexity index is 546. The van der Waals surface area contributed by atoms with Crippen molar-refractivity contribution in [1.82, 2.24) is 0 Å². The molecule has 2 aromatic carbocycles. The lowest BCUT2D eigenvalue weighted by Gasteiger charge is -2.16. The van der Waals surface area contributed by atoms with Gasteiger partial charge in [0.2, 0.25) is 0 Å². The summed E-state index contributed by atoms with van der Waals surface area (Å²) in [5, 5.41) is 1.12. The van der Waals surface area contributed by atoms with E-state index in [9.17, 15) is 4.79 Å². The van der Waals surface area contributed by atoms with Crippen LogP contribution in [0.2, 0.25) is 0 Å². The standard InChI is InChI=1S/C14H14N2O2.ClH/c1-18-13-9-5-6-11(10-13)14(17)16(15)12-7-3-2-4-8-12;/h2-10H,15H2,1H3;1H. The van der Waals surface area contributed by atoms with Crippen LogP contribution in [0, 0.1) is 0 Å². The molecule has 0 heterocycles. The SMILES string of the molecule is COc1cccc(C(=O)N(N)c2ccccc2)c1.Cl. The van der Waals surface area contributed by atoms with Crippen molar-refractivity contribution in [2.75, 3.05) is 12.1 Å². The molecule has 0 aliphatic heterocycles. The fourth-order valence-corrected chi connectivity index (χ4v) is 1.60. The first kappa shape index (κ1) is 15.0. The molecule has 0 aliphatic rings. The highest BCUT2D eigenvalue weighted by Crippen LogP contribution is 2.17. The minimum absolute atomic E-state index is 0. The maximum Gasteiger partial charge on any atom is 0.272 e. The smallest absolute Gasteiger partial charge is 0.272 e. The van der Waals surface area contributed by atoms with E-state index in [1.54, 1.807) is 43.5 Å². The molecular formula is C14H15ClN2O2. The molecule has 2 aromatic rings. The number of methoxy groups -OCH3 is 1. The van der Waals surface area contributed by atoms with Gasteiger partial charge < -0.3 is 4.74 Å². The Labute approximate surface area is 118 Å². The molecule has 0 unspecified atom stereocenters. The second-order valence-electron chi connectivity index (χ2n) is 3.74. The maximum absolute atomic E-state index is 12.2. The number of rotatable bonds is 3. The van der Waals surface area contributed by atoms with Gasteiger partial charge in [0.1, 0.15) is 5.75 Å². The van der Waals surface area contributed by atoms with Crippen molar-refractivity contribution < 1.29 is 9.53 Å². The first-order valence-electron chi connectivity index (χ1n) is 5.50.